The fraction of sp³-hybridized carbons (Fsp3) is 0.923. The van der Waals surface area contributed by atoms with Crippen molar-refractivity contribution in [2.45, 2.75) is 43.4 Å². The summed E-state index contributed by atoms with van der Waals surface area (Å²) in [5.41, 5.74) is -0.280. The predicted octanol–water partition coefficient (Wildman–Crippen LogP) is 2.37. The number of carbonyl (C=O) groups excluding carboxylic acids is 1. The Bertz CT molecular complexity index is 409. The van der Waals surface area contributed by atoms with E-state index >= 15 is 0 Å². The lowest BCUT2D eigenvalue weighted by Gasteiger charge is -2.48. The van der Waals surface area contributed by atoms with E-state index in [1.165, 1.54) is 0 Å². The Morgan fingerprint density at radius 2 is 1.91 bits per heavy atom. The first-order valence-electron chi connectivity index (χ1n) is 7.09. The lowest BCUT2D eigenvalue weighted by molar-refractivity contribution is -0.296. The van der Waals surface area contributed by atoms with E-state index in [2.05, 4.69) is 4.74 Å². The molecule has 1 amide bonds. The Kier molecular flexibility index (Phi) is 4.96. The summed E-state index contributed by atoms with van der Waals surface area (Å²) in [6, 6.07) is 0. The first kappa shape index (κ1) is 17.4. The van der Waals surface area contributed by atoms with Gasteiger partial charge in [-0.1, -0.05) is 0 Å². The number of rotatable bonds is 5. The fourth-order valence-electron chi connectivity index (χ4n) is 2.53. The molecule has 22 heavy (non-hydrogen) atoms. The minimum Gasteiger partial charge on any atom is -0.374 e. The number of alkyl halides is 5. The monoisotopic (exact) mass is 331 g/mol. The topological polar surface area (TPSA) is 38.8 Å². The maximum atomic E-state index is 12.6. The van der Waals surface area contributed by atoms with Crippen molar-refractivity contribution >= 4 is 5.91 Å². The van der Waals surface area contributed by atoms with E-state index in [0.717, 1.165) is 19.3 Å². The Morgan fingerprint density at radius 1 is 1.23 bits per heavy atom. The standard InChI is InChI=1S/C13H18F5NO3/c14-12(15,13(16,17)18)9-21-6-2-10(20)19-5-7-22-11(8-19)3-1-4-11/h1-9H2. The van der Waals surface area contributed by atoms with Gasteiger partial charge in [0.2, 0.25) is 5.91 Å². The quantitative estimate of drug-likeness (QED) is 0.573. The van der Waals surface area contributed by atoms with Crippen molar-refractivity contribution in [3.8, 4) is 0 Å². The maximum absolute atomic E-state index is 12.6. The van der Waals surface area contributed by atoms with E-state index in [9.17, 15) is 26.7 Å². The number of nitrogens with zero attached hydrogens (tertiary/aromatic N) is 1. The van der Waals surface area contributed by atoms with Gasteiger partial charge in [0.1, 0.15) is 6.61 Å². The zero-order chi connectivity index (χ0) is 16.4. The molecule has 1 spiro atoms. The van der Waals surface area contributed by atoms with Crippen LogP contribution >= 0.6 is 0 Å². The van der Waals surface area contributed by atoms with Crippen molar-refractivity contribution in [1.29, 1.82) is 0 Å². The van der Waals surface area contributed by atoms with E-state index in [-0.39, 0.29) is 17.9 Å². The molecule has 4 nitrogen and oxygen atoms in total. The van der Waals surface area contributed by atoms with Crippen LogP contribution < -0.4 is 0 Å². The zero-order valence-corrected chi connectivity index (χ0v) is 11.9. The van der Waals surface area contributed by atoms with Crippen molar-refractivity contribution in [3.05, 3.63) is 0 Å². The predicted molar refractivity (Wildman–Crippen MR) is 65.6 cm³/mol. The third-order valence-electron chi connectivity index (χ3n) is 4.02. The molecule has 0 N–H and O–H groups in total. The Labute approximate surface area is 124 Å². The number of carbonyl (C=O) groups is 1. The summed E-state index contributed by atoms with van der Waals surface area (Å²) in [7, 11) is 0. The highest BCUT2D eigenvalue weighted by Gasteiger charge is 2.57. The summed E-state index contributed by atoms with van der Waals surface area (Å²) in [5, 5.41) is 0. The van der Waals surface area contributed by atoms with Gasteiger partial charge in [0.15, 0.2) is 0 Å². The normalized spacial score (nSPS) is 21.8. The molecule has 1 saturated heterocycles. The number of halogens is 5. The molecule has 0 aromatic carbocycles. The molecule has 2 fully saturated rings. The highest BCUT2D eigenvalue weighted by Crippen LogP contribution is 2.38. The molecule has 0 atom stereocenters. The van der Waals surface area contributed by atoms with Gasteiger partial charge < -0.3 is 14.4 Å². The smallest absolute Gasteiger partial charge is 0.374 e. The third-order valence-corrected chi connectivity index (χ3v) is 4.02. The van der Waals surface area contributed by atoms with Crippen LogP contribution in [0.15, 0.2) is 0 Å². The first-order chi connectivity index (χ1) is 10.2. The first-order valence-corrected chi connectivity index (χ1v) is 7.09. The van der Waals surface area contributed by atoms with E-state index in [1.54, 1.807) is 4.90 Å². The second-order valence-electron chi connectivity index (χ2n) is 5.71. The molecule has 0 bridgehead atoms. The molecule has 1 saturated carbocycles. The Hall–Kier alpha value is -0.960. The van der Waals surface area contributed by atoms with Gasteiger partial charge in [-0.25, -0.2) is 0 Å². The molecule has 0 radical (unpaired) electrons. The summed E-state index contributed by atoms with van der Waals surface area (Å²) >= 11 is 0. The maximum Gasteiger partial charge on any atom is 0.455 e. The third kappa shape index (κ3) is 3.87. The van der Waals surface area contributed by atoms with Gasteiger partial charge in [-0.3, -0.25) is 4.79 Å². The zero-order valence-electron chi connectivity index (χ0n) is 11.9. The SMILES string of the molecule is O=C(CCOCC(F)(F)C(F)(F)F)N1CCOC2(CCC2)C1. The van der Waals surface area contributed by atoms with Gasteiger partial charge in [-0.2, -0.15) is 22.0 Å². The van der Waals surface area contributed by atoms with Gasteiger partial charge in [0.05, 0.1) is 25.2 Å². The number of hydrogen-bond acceptors (Lipinski definition) is 3. The molecule has 2 aliphatic rings. The second kappa shape index (κ2) is 6.27. The van der Waals surface area contributed by atoms with Gasteiger partial charge >= 0.3 is 12.1 Å². The summed E-state index contributed by atoms with van der Waals surface area (Å²) in [5.74, 6) is -5.21. The van der Waals surface area contributed by atoms with Gasteiger partial charge in [-0.15, -0.1) is 0 Å². The molecular formula is C13H18F5NO3. The van der Waals surface area contributed by atoms with E-state index in [1.807, 2.05) is 0 Å². The second-order valence-corrected chi connectivity index (χ2v) is 5.71. The van der Waals surface area contributed by atoms with Crippen LogP contribution in [0, 0.1) is 0 Å². The fourth-order valence-corrected chi connectivity index (χ4v) is 2.53. The van der Waals surface area contributed by atoms with Crippen LogP contribution in [0.3, 0.4) is 0 Å². The molecule has 9 heteroatoms. The summed E-state index contributed by atoms with van der Waals surface area (Å²) < 4.78 is 70.9. The van der Waals surface area contributed by atoms with Gasteiger partial charge in [0, 0.05) is 13.1 Å². The van der Waals surface area contributed by atoms with E-state index < -0.39 is 25.3 Å². The van der Waals surface area contributed by atoms with Crippen molar-refractivity contribution in [2.75, 3.05) is 32.9 Å². The number of hydrogen-bond donors (Lipinski definition) is 0. The Morgan fingerprint density at radius 3 is 2.45 bits per heavy atom. The molecule has 128 valence electrons. The van der Waals surface area contributed by atoms with Gasteiger partial charge in [0.25, 0.3) is 0 Å². The molecule has 0 aromatic heterocycles. The molecule has 1 aliphatic heterocycles. The van der Waals surface area contributed by atoms with Crippen LogP contribution in [0.5, 0.6) is 0 Å². The molecule has 0 unspecified atom stereocenters. The van der Waals surface area contributed by atoms with Crippen LogP contribution in [-0.4, -0.2) is 61.4 Å². The van der Waals surface area contributed by atoms with Crippen molar-refractivity contribution in [2.24, 2.45) is 0 Å². The number of morpholine rings is 1. The number of amides is 1. The highest BCUT2D eigenvalue weighted by atomic mass is 19.4. The largest absolute Gasteiger partial charge is 0.455 e. The summed E-state index contributed by atoms with van der Waals surface area (Å²) in [6.45, 7) is -0.964. The number of ether oxygens (including phenoxy) is 2. The molecule has 1 heterocycles. The lowest BCUT2D eigenvalue weighted by Crippen LogP contribution is -2.57. The molecular weight excluding hydrogens is 313 g/mol. The van der Waals surface area contributed by atoms with Crippen LogP contribution in [0.1, 0.15) is 25.7 Å². The molecule has 2 rings (SSSR count). The minimum atomic E-state index is -5.64. The van der Waals surface area contributed by atoms with Crippen LogP contribution in [0.4, 0.5) is 22.0 Å². The van der Waals surface area contributed by atoms with E-state index in [0.29, 0.717) is 19.7 Å². The summed E-state index contributed by atoms with van der Waals surface area (Å²) in [6.07, 6.45) is -3.06. The minimum absolute atomic E-state index is 0.218. The van der Waals surface area contributed by atoms with Crippen LogP contribution in [0.25, 0.3) is 0 Å². The lowest BCUT2D eigenvalue weighted by atomic mass is 9.79. The van der Waals surface area contributed by atoms with Crippen molar-refractivity contribution in [1.82, 2.24) is 4.90 Å². The molecule has 1 aliphatic carbocycles. The summed E-state index contributed by atoms with van der Waals surface area (Å²) in [4.78, 5) is 13.5. The average molecular weight is 331 g/mol. The van der Waals surface area contributed by atoms with Crippen LogP contribution in [0.2, 0.25) is 0 Å². The van der Waals surface area contributed by atoms with E-state index in [4.69, 9.17) is 4.74 Å². The van der Waals surface area contributed by atoms with Crippen molar-refractivity contribution < 1.29 is 36.2 Å². The van der Waals surface area contributed by atoms with Crippen LogP contribution in [-0.2, 0) is 14.3 Å². The Balaban J connectivity index is 1.70. The van der Waals surface area contributed by atoms with Crippen molar-refractivity contribution in [3.63, 3.8) is 0 Å². The van der Waals surface area contributed by atoms with Gasteiger partial charge in [-0.05, 0) is 19.3 Å². The highest BCUT2D eigenvalue weighted by molar-refractivity contribution is 5.76. The molecule has 0 aromatic rings. The average Bonchev–Trinajstić information content (AvgIpc) is 2.40.